The third-order valence-corrected chi connectivity index (χ3v) is 5.92. The maximum atomic E-state index is 9.77. The first-order valence-electron chi connectivity index (χ1n) is 5.43. The Kier molecular flexibility index (Phi) is 5.49. The van der Waals surface area contributed by atoms with Crippen molar-refractivity contribution in [3.8, 4) is 0 Å². The number of rotatable bonds is 5. The molecule has 1 heterocycles. The summed E-state index contributed by atoms with van der Waals surface area (Å²) in [5, 5.41) is 46.5. The number of aliphatic hydroxyl groups excluding tert-OH is 5. The van der Waals surface area contributed by atoms with E-state index in [1.807, 2.05) is 0 Å². The van der Waals surface area contributed by atoms with E-state index >= 15 is 0 Å². The van der Waals surface area contributed by atoms with Gasteiger partial charge in [0.05, 0.1) is 6.61 Å². The van der Waals surface area contributed by atoms with E-state index in [0.717, 1.165) is 0 Å². The summed E-state index contributed by atoms with van der Waals surface area (Å²) < 4.78 is 0. The van der Waals surface area contributed by atoms with Gasteiger partial charge in [0.2, 0.25) is 0 Å². The van der Waals surface area contributed by atoms with E-state index in [1.54, 1.807) is 6.92 Å². The third-order valence-electron chi connectivity index (χ3n) is 3.10. The Hall–Kier alpha value is 0.150. The van der Waals surface area contributed by atoms with E-state index in [0.29, 0.717) is 11.5 Å². The first kappa shape index (κ1) is 14.2. The van der Waals surface area contributed by atoms with Gasteiger partial charge in [-0.05, 0) is 0 Å². The molecule has 5 nitrogen and oxygen atoms in total. The van der Waals surface area contributed by atoms with Crippen LogP contribution in [0.1, 0.15) is 6.92 Å². The molecule has 0 aliphatic carbocycles. The van der Waals surface area contributed by atoms with Crippen LogP contribution in [0.3, 0.4) is 0 Å². The average Bonchev–Trinajstić information content (AvgIpc) is 2.53. The topological polar surface area (TPSA) is 101 Å². The SMILES string of the molecule is CC(CO)C(O)C[S+]1CC(O)C(O)C1CO. The van der Waals surface area contributed by atoms with Crippen molar-refractivity contribution in [1.29, 1.82) is 0 Å². The lowest BCUT2D eigenvalue weighted by atomic mass is 10.1. The second kappa shape index (κ2) is 6.18. The van der Waals surface area contributed by atoms with E-state index < -0.39 is 18.3 Å². The number of hydrogen-bond donors (Lipinski definition) is 5. The highest BCUT2D eigenvalue weighted by atomic mass is 32.2. The predicted octanol–water partition coefficient (Wildman–Crippen LogP) is -2.31. The molecule has 6 atom stereocenters. The van der Waals surface area contributed by atoms with Gasteiger partial charge in [-0.3, -0.25) is 0 Å². The van der Waals surface area contributed by atoms with Crippen LogP contribution in [-0.4, -0.2) is 73.8 Å². The minimum absolute atomic E-state index is 0.0900. The first-order chi connectivity index (χ1) is 7.51. The van der Waals surface area contributed by atoms with E-state index in [2.05, 4.69) is 0 Å². The van der Waals surface area contributed by atoms with E-state index in [-0.39, 0.29) is 35.3 Å². The van der Waals surface area contributed by atoms with Gasteiger partial charge in [-0.15, -0.1) is 0 Å². The summed E-state index contributed by atoms with van der Waals surface area (Å²) in [7, 11) is -0.389. The zero-order valence-corrected chi connectivity index (χ0v) is 10.2. The molecule has 96 valence electrons. The predicted molar refractivity (Wildman–Crippen MR) is 62.2 cm³/mol. The largest absolute Gasteiger partial charge is 0.396 e. The minimum atomic E-state index is -0.898. The molecule has 1 fully saturated rings. The Morgan fingerprint density at radius 2 is 1.94 bits per heavy atom. The Morgan fingerprint density at radius 1 is 1.31 bits per heavy atom. The molecule has 0 aromatic heterocycles. The van der Waals surface area contributed by atoms with Gasteiger partial charge < -0.3 is 25.5 Å². The van der Waals surface area contributed by atoms with Crippen molar-refractivity contribution in [3.63, 3.8) is 0 Å². The second-order valence-electron chi connectivity index (χ2n) is 4.38. The third kappa shape index (κ3) is 3.09. The highest BCUT2D eigenvalue weighted by Gasteiger charge is 2.50. The van der Waals surface area contributed by atoms with Crippen LogP contribution >= 0.6 is 0 Å². The average molecular weight is 253 g/mol. The molecular weight excluding hydrogens is 232 g/mol. The molecule has 1 aliphatic heterocycles. The fourth-order valence-electron chi connectivity index (χ4n) is 1.80. The molecule has 0 aromatic carbocycles. The van der Waals surface area contributed by atoms with Crippen molar-refractivity contribution in [2.75, 3.05) is 24.7 Å². The summed E-state index contributed by atoms with van der Waals surface area (Å²) in [4.78, 5) is 0. The molecule has 5 N–H and O–H groups in total. The van der Waals surface area contributed by atoms with Crippen molar-refractivity contribution in [2.24, 2.45) is 5.92 Å². The smallest absolute Gasteiger partial charge is 0.169 e. The van der Waals surface area contributed by atoms with Crippen LogP contribution in [0.15, 0.2) is 0 Å². The Labute approximate surface area is 98.1 Å². The van der Waals surface area contributed by atoms with Crippen molar-refractivity contribution in [2.45, 2.75) is 30.5 Å². The van der Waals surface area contributed by atoms with Gasteiger partial charge in [0.25, 0.3) is 0 Å². The van der Waals surface area contributed by atoms with E-state index in [1.165, 1.54) is 0 Å². The van der Waals surface area contributed by atoms with Crippen LogP contribution in [0.2, 0.25) is 0 Å². The van der Waals surface area contributed by atoms with E-state index in [9.17, 15) is 15.3 Å². The molecule has 6 unspecified atom stereocenters. The molecule has 1 rings (SSSR count). The zero-order chi connectivity index (χ0) is 12.3. The summed E-state index contributed by atoms with van der Waals surface area (Å²) in [5.41, 5.74) is 0. The Balaban J connectivity index is 2.53. The monoisotopic (exact) mass is 253 g/mol. The van der Waals surface area contributed by atoms with Gasteiger partial charge in [-0.1, -0.05) is 6.92 Å². The molecule has 1 aliphatic rings. The summed E-state index contributed by atoms with van der Waals surface area (Å²) in [6.45, 7) is 1.47. The molecule has 0 spiro atoms. The van der Waals surface area contributed by atoms with Crippen molar-refractivity contribution < 1.29 is 25.5 Å². The van der Waals surface area contributed by atoms with Gasteiger partial charge in [0, 0.05) is 23.4 Å². The molecule has 6 heteroatoms. The van der Waals surface area contributed by atoms with Crippen LogP contribution in [0.5, 0.6) is 0 Å². The van der Waals surface area contributed by atoms with E-state index in [4.69, 9.17) is 10.2 Å². The Morgan fingerprint density at radius 3 is 2.44 bits per heavy atom. The highest BCUT2D eigenvalue weighted by Crippen LogP contribution is 2.25. The molecule has 0 saturated carbocycles. The van der Waals surface area contributed by atoms with Crippen LogP contribution in [0, 0.1) is 5.92 Å². The van der Waals surface area contributed by atoms with Crippen molar-refractivity contribution in [1.82, 2.24) is 0 Å². The second-order valence-corrected chi connectivity index (χ2v) is 6.72. The molecule has 16 heavy (non-hydrogen) atoms. The van der Waals surface area contributed by atoms with Gasteiger partial charge >= 0.3 is 0 Å². The number of hydrogen-bond acceptors (Lipinski definition) is 5. The number of aliphatic hydroxyl groups is 5. The zero-order valence-electron chi connectivity index (χ0n) is 9.36. The quantitative estimate of drug-likeness (QED) is 0.354. The molecular formula is C10H21O5S+. The van der Waals surface area contributed by atoms with Crippen LogP contribution in [0.4, 0.5) is 0 Å². The van der Waals surface area contributed by atoms with Crippen molar-refractivity contribution >= 4 is 10.9 Å². The first-order valence-corrected chi connectivity index (χ1v) is 7.06. The van der Waals surface area contributed by atoms with Crippen LogP contribution < -0.4 is 0 Å². The van der Waals surface area contributed by atoms with Gasteiger partial charge in [-0.25, -0.2) is 0 Å². The normalized spacial score (nSPS) is 38.6. The molecule has 0 aromatic rings. The lowest BCUT2D eigenvalue weighted by Gasteiger charge is -2.18. The standard InChI is InChI=1S/C10H21O5S/c1-6(2-11)7(13)4-16-5-8(14)10(15)9(16)3-12/h6-15H,2-5H2,1H3/q+1. The minimum Gasteiger partial charge on any atom is -0.396 e. The molecule has 1 saturated heterocycles. The van der Waals surface area contributed by atoms with Gasteiger partial charge in [0.15, 0.2) is 5.25 Å². The summed E-state index contributed by atoms with van der Waals surface area (Å²) >= 11 is 0. The van der Waals surface area contributed by atoms with Crippen LogP contribution in [0.25, 0.3) is 0 Å². The molecule has 0 radical (unpaired) electrons. The molecule has 0 bridgehead atoms. The fraction of sp³-hybridized carbons (Fsp3) is 1.00. The Bertz CT molecular complexity index is 215. The summed E-state index contributed by atoms with van der Waals surface area (Å²) in [5.74, 6) is 0.615. The summed E-state index contributed by atoms with van der Waals surface area (Å²) in [6, 6.07) is 0. The maximum absolute atomic E-state index is 9.77. The van der Waals surface area contributed by atoms with Crippen LogP contribution in [-0.2, 0) is 10.9 Å². The maximum Gasteiger partial charge on any atom is 0.169 e. The highest BCUT2D eigenvalue weighted by molar-refractivity contribution is 7.97. The lowest BCUT2D eigenvalue weighted by molar-refractivity contribution is 0.0325. The van der Waals surface area contributed by atoms with Crippen molar-refractivity contribution in [3.05, 3.63) is 0 Å². The fourth-order valence-corrected chi connectivity index (χ4v) is 4.62. The lowest BCUT2D eigenvalue weighted by Crippen LogP contribution is -2.38. The summed E-state index contributed by atoms with van der Waals surface area (Å²) in [6.07, 6.45) is -2.36. The molecule has 0 amide bonds. The van der Waals surface area contributed by atoms with Gasteiger partial charge in [0.1, 0.15) is 29.8 Å². The van der Waals surface area contributed by atoms with Gasteiger partial charge in [-0.2, -0.15) is 0 Å².